The number of carboxylic acid groups (broad SMARTS) is 1. The third-order valence-electron chi connectivity index (χ3n) is 5.59. The molecule has 0 aliphatic carbocycles. The van der Waals surface area contributed by atoms with Crippen molar-refractivity contribution >= 4 is 40.5 Å². The monoisotopic (exact) mass is 462 g/mol. The Kier molecular flexibility index (Phi) is 5.95. The predicted octanol–water partition coefficient (Wildman–Crippen LogP) is 6.48. The third-order valence-corrected chi connectivity index (χ3v) is 5.91. The molecule has 7 heteroatoms. The molecule has 0 fully saturated rings. The van der Waals surface area contributed by atoms with E-state index in [4.69, 9.17) is 21.2 Å². The van der Waals surface area contributed by atoms with Gasteiger partial charge in [-0.2, -0.15) is 0 Å². The summed E-state index contributed by atoms with van der Waals surface area (Å²) in [6.07, 6.45) is 4.37. The van der Waals surface area contributed by atoms with E-state index in [9.17, 15) is 9.59 Å². The summed E-state index contributed by atoms with van der Waals surface area (Å²) in [5, 5.41) is 14.6. The number of aryl methyl sites for hydroxylation is 2. The Labute approximate surface area is 196 Å². The normalized spacial score (nSPS) is 11.7. The number of hydrogen-bond acceptors (Lipinski definition) is 4. The van der Waals surface area contributed by atoms with Gasteiger partial charge in [-0.1, -0.05) is 54.9 Å². The molecule has 6 nitrogen and oxygen atoms in total. The highest BCUT2D eigenvalue weighted by Crippen LogP contribution is 2.37. The van der Waals surface area contributed by atoms with Crippen molar-refractivity contribution in [1.82, 2.24) is 9.72 Å². The molecule has 168 valence electrons. The van der Waals surface area contributed by atoms with E-state index in [1.165, 1.54) is 6.08 Å². The minimum absolute atomic E-state index is 0.0787. The van der Waals surface area contributed by atoms with Gasteiger partial charge in [0.1, 0.15) is 11.3 Å². The molecule has 0 aliphatic heterocycles. The number of benzene rings is 2. The van der Waals surface area contributed by atoms with Crippen LogP contribution in [0.4, 0.5) is 0 Å². The molecule has 0 unspecified atom stereocenters. The van der Waals surface area contributed by atoms with E-state index in [1.54, 1.807) is 22.9 Å². The molecule has 0 saturated heterocycles. The molecule has 0 spiro atoms. The van der Waals surface area contributed by atoms with Crippen LogP contribution in [0.15, 0.2) is 53.2 Å². The molecular formula is C26H23ClN2O4. The average Bonchev–Trinajstić information content (AvgIpc) is 3.34. The zero-order valence-corrected chi connectivity index (χ0v) is 19.5. The van der Waals surface area contributed by atoms with E-state index < -0.39 is 5.97 Å². The van der Waals surface area contributed by atoms with Crippen LogP contribution in [0.3, 0.4) is 0 Å². The van der Waals surface area contributed by atoms with E-state index in [0.29, 0.717) is 33.1 Å². The summed E-state index contributed by atoms with van der Waals surface area (Å²) in [6.45, 7) is 7.68. The number of hydrogen-bond donors (Lipinski definition) is 1. The van der Waals surface area contributed by atoms with Crippen LogP contribution in [0.2, 0.25) is 5.02 Å². The second-order valence-electron chi connectivity index (χ2n) is 8.26. The summed E-state index contributed by atoms with van der Waals surface area (Å²) in [7, 11) is 0. The molecule has 0 saturated carbocycles. The molecule has 33 heavy (non-hydrogen) atoms. The van der Waals surface area contributed by atoms with Crippen molar-refractivity contribution < 1.29 is 19.2 Å². The van der Waals surface area contributed by atoms with Gasteiger partial charge < -0.3 is 9.63 Å². The van der Waals surface area contributed by atoms with Crippen LogP contribution in [0, 0.1) is 13.8 Å². The maximum atomic E-state index is 14.0. The lowest BCUT2D eigenvalue weighted by Crippen LogP contribution is -2.14. The fourth-order valence-corrected chi connectivity index (χ4v) is 4.42. The Morgan fingerprint density at radius 1 is 1.12 bits per heavy atom. The van der Waals surface area contributed by atoms with Gasteiger partial charge >= 0.3 is 5.97 Å². The lowest BCUT2D eigenvalue weighted by atomic mass is 9.97. The van der Waals surface area contributed by atoms with Crippen LogP contribution < -0.4 is 0 Å². The highest BCUT2D eigenvalue weighted by molar-refractivity contribution is 6.33. The zero-order chi connectivity index (χ0) is 23.9. The van der Waals surface area contributed by atoms with Gasteiger partial charge in [0.25, 0.3) is 5.91 Å². The standard InChI is InChI=1S/C26H23ClN2O4/c1-14(2)25-23(24(28-33-25)22-15(3)7-5-9-18(22)27)26(32)29-13-16(4)21-17(11-12-20(30)31)8-6-10-19(21)29/h5-14H,1-4H3,(H,30,31)/b12-11+. The predicted molar refractivity (Wildman–Crippen MR) is 129 cm³/mol. The van der Waals surface area contributed by atoms with Gasteiger partial charge in [-0.05, 0) is 48.7 Å². The third kappa shape index (κ3) is 3.98. The SMILES string of the molecule is Cc1cccc(Cl)c1-c1noc(C(C)C)c1C(=O)n1cc(C)c2c(/C=C/C(=O)O)cccc21. The molecule has 0 radical (unpaired) electrons. The van der Waals surface area contributed by atoms with Crippen molar-refractivity contribution in [3.63, 3.8) is 0 Å². The van der Waals surface area contributed by atoms with Gasteiger partial charge in [0, 0.05) is 29.1 Å². The lowest BCUT2D eigenvalue weighted by molar-refractivity contribution is -0.131. The average molecular weight is 463 g/mol. The van der Waals surface area contributed by atoms with Gasteiger partial charge in [-0.15, -0.1) is 0 Å². The molecule has 2 aromatic heterocycles. The van der Waals surface area contributed by atoms with Crippen molar-refractivity contribution in [2.24, 2.45) is 0 Å². The van der Waals surface area contributed by atoms with Gasteiger partial charge in [0.2, 0.25) is 0 Å². The van der Waals surface area contributed by atoms with Crippen LogP contribution in [0.1, 0.15) is 52.6 Å². The molecular weight excluding hydrogens is 440 g/mol. The number of nitrogens with zero attached hydrogens (tertiary/aromatic N) is 2. The molecule has 2 aromatic carbocycles. The summed E-state index contributed by atoms with van der Waals surface area (Å²) < 4.78 is 7.22. The largest absolute Gasteiger partial charge is 0.478 e. The maximum absolute atomic E-state index is 14.0. The van der Waals surface area contributed by atoms with Crippen molar-refractivity contribution in [3.05, 3.63) is 81.7 Å². The topological polar surface area (TPSA) is 85.3 Å². The van der Waals surface area contributed by atoms with Crippen molar-refractivity contribution in [2.75, 3.05) is 0 Å². The minimum Gasteiger partial charge on any atom is -0.478 e. The fourth-order valence-electron chi connectivity index (χ4n) is 4.11. The summed E-state index contributed by atoms with van der Waals surface area (Å²) in [5.41, 5.74) is 4.56. The molecule has 2 heterocycles. The molecule has 4 aromatic rings. The molecule has 1 N–H and O–H groups in total. The van der Waals surface area contributed by atoms with Crippen molar-refractivity contribution in [2.45, 2.75) is 33.6 Å². The Bertz CT molecular complexity index is 1410. The zero-order valence-electron chi connectivity index (χ0n) is 18.7. The Morgan fingerprint density at radius 3 is 2.52 bits per heavy atom. The number of carbonyl (C=O) groups excluding carboxylic acids is 1. The van der Waals surface area contributed by atoms with Crippen LogP contribution in [0.5, 0.6) is 0 Å². The van der Waals surface area contributed by atoms with Crippen LogP contribution in [0.25, 0.3) is 28.2 Å². The van der Waals surface area contributed by atoms with E-state index in [2.05, 4.69) is 5.16 Å². The van der Waals surface area contributed by atoms with E-state index in [-0.39, 0.29) is 11.8 Å². The molecule has 0 amide bonds. The first-order valence-corrected chi connectivity index (χ1v) is 10.9. The molecule has 0 aliphatic rings. The smallest absolute Gasteiger partial charge is 0.328 e. The number of fused-ring (bicyclic) bond motifs is 1. The van der Waals surface area contributed by atoms with Gasteiger partial charge in [-0.25, -0.2) is 4.79 Å². The first-order chi connectivity index (χ1) is 15.7. The van der Waals surface area contributed by atoms with Crippen LogP contribution in [-0.4, -0.2) is 26.7 Å². The summed E-state index contributed by atoms with van der Waals surface area (Å²) in [6, 6.07) is 11.0. The second-order valence-corrected chi connectivity index (χ2v) is 8.66. The molecule has 0 bridgehead atoms. The Morgan fingerprint density at radius 2 is 1.85 bits per heavy atom. The Balaban J connectivity index is 1.95. The maximum Gasteiger partial charge on any atom is 0.328 e. The van der Waals surface area contributed by atoms with E-state index in [1.807, 2.05) is 52.0 Å². The highest BCUT2D eigenvalue weighted by Gasteiger charge is 2.29. The number of aromatic nitrogens is 2. The molecule has 4 rings (SSSR count). The quantitative estimate of drug-likeness (QED) is 0.343. The van der Waals surface area contributed by atoms with Crippen molar-refractivity contribution in [1.29, 1.82) is 0 Å². The van der Waals surface area contributed by atoms with Crippen LogP contribution >= 0.6 is 11.6 Å². The first kappa shape index (κ1) is 22.6. The number of carboxylic acids is 1. The molecule has 0 atom stereocenters. The van der Waals surface area contributed by atoms with Crippen molar-refractivity contribution in [3.8, 4) is 11.3 Å². The second kappa shape index (κ2) is 8.71. The summed E-state index contributed by atoms with van der Waals surface area (Å²) in [4.78, 5) is 25.0. The van der Waals surface area contributed by atoms with E-state index in [0.717, 1.165) is 28.2 Å². The van der Waals surface area contributed by atoms with Gasteiger partial charge in [0.05, 0.1) is 10.5 Å². The van der Waals surface area contributed by atoms with Gasteiger partial charge in [0.15, 0.2) is 5.76 Å². The lowest BCUT2D eigenvalue weighted by Gasteiger charge is -2.10. The number of rotatable bonds is 5. The number of halogens is 1. The summed E-state index contributed by atoms with van der Waals surface area (Å²) >= 11 is 6.50. The fraction of sp³-hybridized carbons (Fsp3) is 0.192. The van der Waals surface area contributed by atoms with Crippen LogP contribution in [-0.2, 0) is 4.79 Å². The summed E-state index contributed by atoms with van der Waals surface area (Å²) in [5.74, 6) is -0.918. The Hall–Kier alpha value is -3.64. The first-order valence-electron chi connectivity index (χ1n) is 10.5. The minimum atomic E-state index is -1.04. The van der Waals surface area contributed by atoms with E-state index >= 15 is 0 Å². The number of carbonyl (C=O) groups is 2. The highest BCUT2D eigenvalue weighted by atomic mass is 35.5. The van der Waals surface area contributed by atoms with Gasteiger partial charge in [-0.3, -0.25) is 9.36 Å². The number of aliphatic carboxylic acids is 1.